The van der Waals surface area contributed by atoms with Gasteiger partial charge in [-0.3, -0.25) is 0 Å². The van der Waals surface area contributed by atoms with Crippen LogP contribution < -0.4 is 0 Å². The maximum Gasteiger partial charge on any atom is 0.0813 e. The Hall–Kier alpha value is -0.160. The van der Waals surface area contributed by atoms with Crippen molar-refractivity contribution < 1.29 is 19.3 Å². The molecule has 2 atom stereocenters. The highest BCUT2D eigenvalue weighted by atomic mass is 16.5. The summed E-state index contributed by atoms with van der Waals surface area (Å²) in [5.74, 6) is 0.530. The average Bonchev–Trinajstić information content (AvgIpc) is 3.26. The topological polar surface area (TPSA) is 47.9 Å². The van der Waals surface area contributed by atoms with Crippen molar-refractivity contribution in [2.24, 2.45) is 5.92 Å². The maximum atomic E-state index is 8.77. The van der Waals surface area contributed by atoms with Gasteiger partial charge in [0.2, 0.25) is 0 Å². The minimum absolute atomic E-state index is 0.264. The lowest BCUT2D eigenvalue weighted by atomic mass is 10.0. The lowest BCUT2D eigenvalue weighted by Gasteiger charge is -2.11. The van der Waals surface area contributed by atoms with Crippen LogP contribution in [0.25, 0.3) is 0 Å². The Balaban J connectivity index is 1.74. The number of hydrogen-bond donors (Lipinski definition) is 1. The molecule has 0 bridgehead atoms. The van der Waals surface area contributed by atoms with Gasteiger partial charge in [0.15, 0.2) is 0 Å². The molecular formula is C28H56O4. The van der Waals surface area contributed by atoms with Gasteiger partial charge in [-0.05, 0) is 25.7 Å². The first-order chi connectivity index (χ1) is 15.9. The van der Waals surface area contributed by atoms with Crippen LogP contribution in [0.4, 0.5) is 0 Å². The molecule has 4 nitrogen and oxygen atoms in total. The molecule has 0 amide bonds. The van der Waals surface area contributed by atoms with Gasteiger partial charge in [0.1, 0.15) is 0 Å². The molecule has 1 rings (SSSR count). The predicted octanol–water partition coefficient (Wildman–Crippen LogP) is 7.46. The minimum atomic E-state index is 0.264. The van der Waals surface area contributed by atoms with Crippen LogP contribution in [0.5, 0.6) is 0 Å². The second-order valence-corrected chi connectivity index (χ2v) is 9.94. The molecule has 0 aromatic carbocycles. The highest BCUT2D eigenvalue weighted by Gasteiger charge is 2.25. The third-order valence-electron chi connectivity index (χ3n) is 6.66. The van der Waals surface area contributed by atoms with Crippen molar-refractivity contribution in [3.05, 3.63) is 0 Å². The summed E-state index contributed by atoms with van der Waals surface area (Å²) in [5, 5.41) is 8.77. The smallest absolute Gasteiger partial charge is 0.0813 e. The van der Waals surface area contributed by atoms with Crippen molar-refractivity contribution in [2.75, 3.05) is 39.6 Å². The van der Waals surface area contributed by atoms with Crippen LogP contribution in [0.15, 0.2) is 0 Å². The molecule has 0 aromatic heterocycles. The monoisotopic (exact) mass is 456 g/mol. The number of hydrogen-bond acceptors (Lipinski definition) is 4. The first-order valence-corrected chi connectivity index (χ1v) is 14.2. The quantitative estimate of drug-likeness (QED) is 0.145. The van der Waals surface area contributed by atoms with E-state index in [1.807, 2.05) is 0 Å². The molecule has 0 aromatic rings. The van der Waals surface area contributed by atoms with Gasteiger partial charge >= 0.3 is 0 Å². The lowest BCUT2D eigenvalue weighted by Crippen LogP contribution is -2.15. The van der Waals surface area contributed by atoms with Crippen LogP contribution in [0.3, 0.4) is 0 Å². The molecule has 1 fully saturated rings. The van der Waals surface area contributed by atoms with Crippen LogP contribution in [-0.2, 0) is 14.2 Å². The van der Waals surface area contributed by atoms with E-state index in [0.29, 0.717) is 12.5 Å². The van der Waals surface area contributed by atoms with Crippen LogP contribution in [0, 0.1) is 5.92 Å². The van der Waals surface area contributed by atoms with Gasteiger partial charge in [0.05, 0.1) is 25.9 Å². The molecule has 0 unspecified atom stereocenters. The fourth-order valence-corrected chi connectivity index (χ4v) is 4.55. The van der Waals surface area contributed by atoms with Gasteiger partial charge in [-0.2, -0.15) is 0 Å². The summed E-state index contributed by atoms with van der Waals surface area (Å²) in [6.07, 6.45) is 25.1. The molecule has 1 N–H and O–H groups in total. The van der Waals surface area contributed by atoms with Crippen molar-refractivity contribution in [1.29, 1.82) is 0 Å². The molecule has 1 aliphatic heterocycles. The van der Waals surface area contributed by atoms with E-state index in [1.54, 1.807) is 0 Å². The Morgan fingerprint density at radius 1 is 0.625 bits per heavy atom. The van der Waals surface area contributed by atoms with Crippen molar-refractivity contribution in [3.63, 3.8) is 0 Å². The zero-order valence-electron chi connectivity index (χ0n) is 21.5. The standard InChI is InChI=1S/C28H56O4/c1-2-3-4-5-6-7-8-9-10-11-12-13-15-18-22-31-26-28-23-27(25-32-28)24-30-21-19-16-14-17-20-29/h27-29H,2-26H2,1H3/t27-,28-/m1/s1. The molecule has 0 radical (unpaired) electrons. The molecule has 192 valence electrons. The lowest BCUT2D eigenvalue weighted by molar-refractivity contribution is 0.0141. The highest BCUT2D eigenvalue weighted by Crippen LogP contribution is 2.20. The zero-order chi connectivity index (χ0) is 23.0. The van der Waals surface area contributed by atoms with Crippen LogP contribution in [0.1, 0.15) is 129 Å². The van der Waals surface area contributed by atoms with Crippen molar-refractivity contribution in [1.82, 2.24) is 0 Å². The predicted molar refractivity (Wildman–Crippen MR) is 135 cm³/mol. The van der Waals surface area contributed by atoms with Gasteiger partial charge in [-0.1, -0.05) is 103 Å². The Morgan fingerprint density at radius 2 is 1.09 bits per heavy atom. The van der Waals surface area contributed by atoms with E-state index >= 15 is 0 Å². The van der Waals surface area contributed by atoms with Gasteiger partial charge < -0.3 is 19.3 Å². The fraction of sp³-hybridized carbons (Fsp3) is 1.00. The second kappa shape index (κ2) is 24.0. The number of unbranched alkanes of at least 4 members (excludes halogenated alkanes) is 16. The molecular weight excluding hydrogens is 400 g/mol. The van der Waals surface area contributed by atoms with E-state index in [4.69, 9.17) is 19.3 Å². The summed E-state index contributed by atoms with van der Waals surface area (Å²) in [5.41, 5.74) is 0. The Kier molecular flexibility index (Phi) is 22.4. The Bertz CT molecular complexity index is 363. The fourth-order valence-electron chi connectivity index (χ4n) is 4.55. The SMILES string of the molecule is CCCCCCCCCCCCCCCCOC[C@H]1C[C@H](COCCCCCCO)CO1. The molecule has 1 aliphatic rings. The molecule has 32 heavy (non-hydrogen) atoms. The third-order valence-corrected chi connectivity index (χ3v) is 6.66. The van der Waals surface area contributed by atoms with Crippen LogP contribution >= 0.6 is 0 Å². The first-order valence-electron chi connectivity index (χ1n) is 14.2. The number of rotatable bonds is 25. The molecule has 0 spiro atoms. The van der Waals surface area contributed by atoms with E-state index < -0.39 is 0 Å². The van der Waals surface area contributed by atoms with Crippen LogP contribution in [0.2, 0.25) is 0 Å². The highest BCUT2D eigenvalue weighted by molar-refractivity contribution is 4.73. The summed E-state index contributed by atoms with van der Waals surface area (Å²) in [6.45, 7) is 6.69. The average molecular weight is 457 g/mol. The Labute approximate surface area is 200 Å². The minimum Gasteiger partial charge on any atom is -0.396 e. The van der Waals surface area contributed by atoms with Gasteiger partial charge in [-0.25, -0.2) is 0 Å². The summed E-state index contributed by atoms with van der Waals surface area (Å²) >= 11 is 0. The molecule has 1 heterocycles. The Morgan fingerprint density at radius 3 is 1.62 bits per heavy atom. The van der Waals surface area contributed by atoms with E-state index in [9.17, 15) is 0 Å². The van der Waals surface area contributed by atoms with Gasteiger partial charge in [-0.15, -0.1) is 0 Å². The number of aliphatic hydroxyl groups excluding tert-OH is 1. The first kappa shape index (κ1) is 29.9. The second-order valence-electron chi connectivity index (χ2n) is 9.94. The number of ether oxygens (including phenoxy) is 3. The van der Waals surface area contributed by atoms with E-state index in [-0.39, 0.29) is 6.10 Å². The molecule has 0 saturated carbocycles. The summed E-state index contributed by atoms with van der Waals surface area (Å²) < 4.78 is 17.5. The molecule has 0 aliphatic carbocycles. The molecule has 4 heteroatoms. The van der Waals surface area contributed by atoms with Crippen LogP contribution in [-0.4, -0.2) is 50.9 Å². The van der Waals surface area contributed by atoms with E-state index in [1.165, 1.54) is 89.9 Å². The normalized spacial score (nSPS) is 18.6. The third kappa shape index (κ3) is 19.3. The van der Waals surface area contributed by atoms with Crippen molar-refractivity contribution in [3.8, 4) is 0 Å². The maximum absolute atomic E-state index is 8.77. The zero-order valence-corrected chi connectivity index (χ0v) is 21.5. The van der Waals surface area contributed by atoms with E-state index in [2.05, 4.69) is 6.92 Å². The van der Waals surface area contributed by atoms with Gasteiger partial charge in [0.25, 0.3) is 0 Å². The van der Waals surface area contributed by atoms with Gasteiger partial charge in [0, 0.05) is 25.7 Å². The van der Waals surface area contributed by atoms with E-state index in [0.717, 1.165) is 65.1 Å². The molecule has 1 saturated heterocycles. The van der Waals surface area contributed by atoms with Crippen molar-refractivity contribution in [2.45, 2.75) is 135 Å². The number of aliphatic hydroxyl groups is 1. The summed E-state index contributed by atoms with van der Waals surface area (Å²) in [6, 6.07) is 0. The summed E-state index contributed by atoms with van der Waals surface area (Å²) in [7, 11) is 0. The largest absolute Gasteiger partial charge is 0.396 e. The van der Waals surface area contributed by atoms with Crippen molar-refractivity contribution >= 4 is 0 Å². The summed E-state index contributed by atoms with van der Waals surface area (Å²) in [4.78, 5) is 0.